The Labute approximate surface area is 67.9 Å². The summed E-state index contributed by atoms with van der Waals surface area (Å²) in [7, 11) is 3.58. The first kappa shape index (κ1) is 10.8. The van der Waals surface area contributed by atoms with E-state index in [2.05, 4.69) is 0 Å². The van der Waals surface area contributed by atoms with Crippen molar-refractivity contribution in [2.45, 2.75) is 6.04 Å². The predicted molar refractivity (Wildman–Crippen MR) is 44.4 cm³/mol. The second-order valence-corrected chi connectivity index (χ2v) is 2.55. The van der Waals surface area contributed by atoms with E-state index in [9.17, 15) is 0 Å². The van der Waals surface area contributed by atoms with Gasteiger partial charge in [0.05, 0.1) is 13.2 Å². The van der Waals surface area contributed by atoms with E-state index in [4.69, 9.17) is 15.6 Å². The van der Waals surface area contributed by atoms with Gasteiger partial charge >= 0.3 is 0 Å². The normalized spacial score (nSPS) is 13.9. The molecule has 0 bridgehead atoms. The third-order valence-corrected chi connectivity index (χ3v) is 1.75. The van der Waals surface area contributed by atoms with Crippen LogP contribution >= 0.6 is 0 Å². The van der Waals surface area contributed by atoms with Gasteiger partial charge in [0.2, 0.25) is 0 Å². The van der Waals surface area contributed by atoms with Crippen LogP contribution in [0.25, 0.3) is 0 Å². The molecule has 0 saturated heterocycles. The zero-order chi connectivity index (χ0) is 8.69. The topological polar surface area (TPSA) is 58.7 Å². The van der Waals surface area contributed by atoms with Crippen LogP contribution in [0.1, 0.15) is 0 Å². The Kier molecular flexibility index (Phi) is 6.45. The zero-order valence-corrected chi connectivity index (χ0v) is 7.29. The fourth-order valence-corrected chi connectivity index (χ4v) is 0.812. The molecule has 0 aliphatic heterocycles. The van der Waals surface area contributed by atoms with E-state index in [1.54, 1.807) is 7.11 Å². The lowest BCUT2D eigenvalue weighted by molar-refractivity contribution is 0.109. The summed E-state index contributed by atoms with van der Waals surface area (Å²) in [6.07, 6.45) is 0. The quantitative estimate of drug-likeness (QED) is 0.519. The molecule has 0 heterocycles. The first-order chi connectivity index (χ1) is 5.26. The fraction of sp³-hybridized carbons (Fsp3) is 1.00. The highest BCUT2D eigenvalue weighted by Crippen LogP contribution is 1.92. The molecule has 11 heavy (non-hydrogen) atoms. The van der Waals surface area contributed by atoms with Crippen LogP contribution in [0.3, 0.4) is 0 Å². The number of nitrogens with two attached hydrogens (primary N) is 1. The summed E-state index contributed by atoms with van der Waals surface area (Å²) in [5, 5.41) is 8.83. The zero-order valence-electron chi connectivity index (χ0n) is 7.29. The van der Waals surface area contributed by atoms with Gasteiger partial charge in [0.1, 0.15) is 0 Å². The molecular weight excluding hydrogens is 144 g/mol. The molecule has 0 aromatic heterocycles. The highest BCUT2D eigenvalue weighted by Gasteiger charge is 2.09. The molecule has 0 radical (unpaired) electrons. The van der Waals surface area contributed by atoms with Crippen LogP contribution < -0.4 is 5.73 Å². The molecule has 68 valence electrons. The molecule has 1 atom stereocenters. The Morgan fingerprint density at radius 1 is 1.64 bits per heavy atom. The van der Waals surface area contributed by atoms with Crippen LogP contribution in [-0.2, 0) is 4.74 Å². The number of hydrogen-bond acceptors (Lipinski definition) is 4. The smallest absolute Gasteiger partial charge is 0.0599 e. The van der Waals surface area contributed by atoms with Crippen LogP contribution in [-0.4, -0.2) is 56.5 Å². The maximum Gasteiger partial charge on any atom is 0.0599 e. The first-order valence-corrected chi connectivity index (χ1v) is 3.76. The average Bonchev–Trinajstić information content (AvgIpc) is 2.03. The van der Waals surface area contributed by atoms with Gasteiger partial charge < -0.3 is 15.6 Å². The first-order valence-electron chi connectivity index (χ1n) is 3.76. The van der Waals surface area contributed by atoms with Crippen LogP contribution in [0, 0.1) is 0 Å². The number of likely N-dealkylation sites (N-methyl/N-ethyl adjacent to an activating group) is 1. The lowest BCUT2D eigenvalue weighted by Crippen LogP contribution is -2.42. The molecule has 0 spiro atoms. The Morgan fingerprint density at radius 2 is 2.27 bits per heavy atom. The number of ether oxygens (including phenoxy) is 1. The third kappa shape index (κ3) is 4.31. The monoisotopic (exact) mass is 162 g/mol. The van der Waals surface area contributed by atoms with E-state index in [1.807, 2.05) is 11.9 Å². The van der Waals surface area contributed by atoms with E-state index in [-0.39, 0.29) is 12.6 Å². The highest BCUT2D eigenvalue weighted by atomic mass is 16.5. The molecule has 0 aromatic rings. The molecule has 0 rings (SSSR count). The number of hydrogen-bond donors (Lipinski definition) is 2. The van der Waals surface area contributed by atoms with Gasteiger partial charge in [-0.2, -0.15) is 0 Å². The van der Waals surface area contributed by atoms with E-state index >= 15 is 0 Å². The van der Waals surface area contributed by atoms with Crippen molar-refractivity contribution >= 4 is 0 Å². The SMILES string of the molecule is COCCN(C)C(CN)CO. The molecule has 0 fully saturated rings. The second kappa shape index (κ2) is 6.54. The van der Waals surface area contributed by atoms with Gasteiger partial charge in [-0.05, 0) is 7.05 Å². The Bertz CT molecular complexity index is 86.5. The summed E-state index contributed by atoms with van der Waals surface area (Å²) in [4.78, 5) is 1.99. The summed E-state index contributed by atoms with van der Waals surface area (Å²) < 4.78 is 4.89. The van der Waals surface area contributed by atoms with E-state index in [1.165, 1.54) is 0 Å². The van der Waals surface area contributed by atoms with Gasteiger partial charge in [0.25, 0.3) is 0 Å². The van der Waals surface area contributed by atoms with Crippen LogP contribution in [0.15, 0.2) is 0 Å². The third-order valence-electron chi connectivity index (χ3n) is 1.75. The highest BCUT2D eigenvalue weighted by molar-refractivity contribution is 4.67. The second-order valence-electron chi connectivity index (χ2n) is 2.55. The summed E-state index contributed by atoms with van der Waals surface area (Å²) in [6.45, 7) is 2.07. The molecule has 3 N–H and O–H groups in total. The molecule has 0 amide bonds. The molecule has 4 nitrogen and oxygen atoms in total. The number of nitrogens with zero attached hydrogens (tertiary/aromatic N) is 1. The van der Waals surface area contributed by atoms with Crippen molar-refractivity contribution in [3.05, 3.63) is 0 Å². The van der Waals surface area contributed by atoms with E-state index in [0.29, 0.717) is 13.2 Å². The minimum absolute atomic E-state index is 0.0603. The Morgan fingerprint density at radius 3 is 2.64 bits per heavy atom. The summed E-state index contributed by atoms with van der Waals surface area (Å²) >= 11 is 0. The molecule has 4 heteroatoms. The molecule has 1 unspecified atom stereocenters. The minimum Gasteiger partial charge on any atom is -0.395 e. The summed E-state index contributed by atoms with van der Waals surface area (Å²) in [6, 6.07) is 0.0603. The molecule has 0 aliphatic rings. The van der Waals surface area contributed by atoms with Gasteiger partial charge in [-0.3, -0.25) is 4.90 Å². The van der Waals surface area contributed by atoms with Crippen molar-refractivity contribution in [3.8, 4) is 0 Å². The van der Waals surface area contributed by atoms with Crippen molar-refractivity contribution in [1.29, 1.82) is 0 Å². The standard InChI is InChI=1S/C7H18N2O2/c1-9(3-4-11-2)7(5-8)6-10/h7,10H,3-6,8H2,1-2H3. The molecule has 0 aromatic carbocycles. The molecule has 0 aliphatic carbocycles. The van der Waals surface area contributed by atoms with Crippen LogP contribution in [0.4, 0.5) is 0 Å². The minimum atomic E-state index is 0.0603. The van der Waals surface area contributed by atoms with Gasteiger partial charge in [0, 0.05) is 26.2 Å². The van der Waals surface area contributed by atoms with Crippen molar-refractivity contribution in [2.75, 3.05) is 40.5 Å². The largest absolute Gasteiger partial charge is 0.395 e. The maximum absolute atomic E-state index is 8.83. The van der Waals surface area contributed by atoms with Gasteiger partial charge in [-0.25, -0.2) is 0 Å². The predicted octanol–water partition coefficient (Wildman–Crippen LogP) is -1.12. The molecule has 0 saturated carbocycles. The average molecular weight is 162 g/mol. The summed E-state index contributed by atoms with van der Waals surface area (Å²) in [5.74, 6) is 0. The Balaban J connectivity index is 3.51. The fourth-order valence-electron chi connectivity index (χ4n) is 0.812. The van der Waals surface area contributed by atoms with Gasteiger partial charge in [-0.15, -0.1) is 0 Å². The van der Waals surface area contributed by atoms with E-state index < -0.39 is 0 Å². The number of aliphatic hydroxyl groups excluding tert-OH is 1. The van der Waals surface area contributed by atoms with Crippen molar-refractivity contribution in [1.82, 2.24) is 4.90 Å². The van der Waals surface area contributed by atoms with Crippen LogP contribution in [0.2, 0.25) is 0 Å². The van der Waals surface area contributed by atoms with Crippen molar-refractivity contribution < 1.29 is 9.84 Å². The van der Waals surface area contributed by atoms with Crippen LogP contribution in [0.5, 0.6) is 0 Å². The van der Waals surface area contributed by atoms with Gasteiger partial charge in [-0.1, -0.05) is 0 Å². The van der Waals surface area contributed by atoms with Crippen molar-refractivity contribution in [3.63, 3.8) is 0 Å². The van der Waals surface area contributed by atoms with Crippen molar-refractivity contribution in [2.24, 2.45) is 5.73 Å². The molecular formula is C7H18N2O2. The maximum atomic E-state index is 8.83. The lowest BCUT2D eigenvalue weighted by Gasteiger charge is -2.24. The van der Waals surface area contributed by atoms with Gasteiger partial charge in [0.15, 0.2) is 0 Å². The number of rotatable bonds is 6. The van der Waals surface area contributed by atoms with E-state index in [0.717, 1.165) is 6.54 Å². The lowest BCUT2D eigenvalue weighted by atomic mass is 10.3. The number of methoxy groups -OCH3 is 1. The summed E-state index contributed by atoms with van der Waals surface area (Å²) in [5.41, 5.74) is 5.41. The Hall–Kier alpha value is -0.160. The number of aliphatic hydroxyl groups is 1.